The van der Waals surface area contributed by atoms with Crippen molar-refractivity contribution >= 4 is 142 Å². The molecule has 0 spiro atoms. The fourth-order valence-corrected chi connectivity index (χ4v) is 13.6. The number of likely N-dealkylation sites (N-methyl/N-ethyl adjacent to an activating group) is 1. The molecule has 0 aliphatic heterocycles. The minimum Gasteiger partial charge on any atom is -0.496 e. The molecular weight excluding hydrogens is 1590 g/mol. The Morgan fingerprint density at radius 3 is 1.16 bits per heavy atom. The zero-order chi connectivity index (χ0) is 80.0. The Hall–Kier alpha value is -12.6. The molecule has 4 heterocycles. The normalized spacial score (nSPS) is 10.8. The van der Waals surface area contributed by atoms with E-state index < -0.39 is 17.0 Å². The summed E-state index contributed by atoms with van der Waals surface area (Å²) >= 11 is 27.5. The fourth-order valence-electron chi connectivity index (χ4n) is 12.3. The van der Waals surface area contributed by atoms with Crippen molar-refractivity contribution < 1.29 is 43.6 Å². The molecule has 0 fully saturated rings. The van der Waals surface area contributed by atoms with E-state index >= 15 is 0 Å². The van der Waals surface area contributed by atoms with Crippen LogP contribution in [0, 0.1) is 20.2 Å². The second kappa shape index (κ2) is 36.5. The molecule has 0 unspecified atom stereocenters. The largest absolute Gasteiger partial charge is 0.496 e. The summed E-state index contributed by atoms with van der Waals surface area (Å²) < 4.78 is 30.2. The second-order valence-corrected chi connectivity index (χ2v) is 27.6. The fraction of sp³-hybridized carbons (Fsp3) is 0.0833. The van der Waals surface area contributed by atoms with E-state index in [1.807, 2.05) is 190 Å². The lowest BCUT2D eigenvalue weighted by atomic mass is 9.81. The molecule has 5 N–H and O–H groups in total. The van der Waals surface area contributed by atoms with Crippen LogP contribution in [0.5, 0.6) is 23.0 Å². The van der Waals surface area contributed by atoms with Gasteiger partial charge in [-0.15, -0.1) is 0 Å². The summed E-state index contributed by atoms with van der Waals surface area (Å²) in [5.74, 6) is 2.98. The number of non-ortho nitro benzene ring substituents is 2. The van der Waals surface area contributed by atoms with Gasteiger partial charge < -0.3 is 40.0 Å². The Bertz CT molecular complexity index is 6180. The van der Waals surface area contributed by atoms with Gasteiger partial charge in [0.25, 0.3) is 11.4 Å². The van der Waals surface area contributed by atoms with E-state index in [0.29, 0.717) is 77.8 Å². The molecule has 0 atom stereocenters. The highest BCUT2D eigenvalue weighted by Crippen LogP contribution is 2.39. The first kappa shape index (κ1) is 79.9. The van der Waals surface area contributed by atoms with E-state index in [9.17, 15) is 25.0 Å². The number of nitrogens with zero attached hydrogens (tertiary/aromatic N) is 10. The summed E-state index contributed by atoms with van der Waals surface area (Å²) in [5, 5.41) is 44.6. The number of fused-ring (bicyclic) bond motifs is 4. The van der Waals surface area contributed by atoms with Gasteiger partial charge in [0.1, 0.15) is 48.3 Å². The number of nitro benzene ring substituents is 2. The van der Waals surface area contributed by atoms with Gasteiger partial charge in [0, 0.05) is 96.0 Å². The molecule has 16 rings (SSSR count). The monoisotopic (exact) mass is 1650 g/mol. The van der Waals surface area contributed by atoms with Crippen LogP contribution in [-0.4, -0.2) is 106 Å². The zero-order valence-electron chi connectivity index (χ0n) is 60.9. The number of benzene rings is 12. The molecule has 0 radical (unpaired) electrons. The lowest BCUT2D eigenvalue weighted by Crippen LogP contribution is -2.29. The number of amides is 1. The molecule has 0 saturated carbocycles. The van der Waals surface area contributed by atoms with E-state index in [-0.39, 0.29) is 17.3 Å². The van der Waals surface area contributed by atoms with Crippen molar-refractivity contribution in [2.24, 2.45) is 0 Å². The Morgan fingerprint density at radius 1 is 0.451 bits per heavy atom. The van der Waals surface area contributed by atoms with Crippen LogP contribution >= 0.6 is 62.3 Å². The predicted octanol–water partition coefficient (Wildman–Crippen LogP) is 19.0. The van der Waals surface area contributed by atoms with Crippen LogP contribution in [0.15, 0.2) is 272 Å². The molecule has 12 aromatic carbocycles. The lowest BCUT2D eigenvalue weighted by molar-refractivity contribution is -0.384. The van der Waals surface area contributed by atoms with E-state index in [1.165, 1.54) is 30.3 Å². The number of methoxy groups -OCH3 is 4. The van der Waals surface area contributed by atoms with E-state index in [0.717, 1.165) is 99.7 Å². The first-order valence-corrected chi connectivity index (χ1v) is 36.9. The Labute approximate surface area is 676 Å². The maximum absolute atomic E-state index is 12.0. The molecule has 23 nitrogen and oxygen atoms in total. The van der Waals surface area contributed by atoms with E-state index in [4.69, 9.17) is 81.1 Å². The number of nitrogens with one attached hydrogen (secondary N) is 1. The van der Waals surface area contributed by atoms with Crippen LogP contribution in [0.2, 0.25) is 20.1 Å². The standard InChI is InChI=1S/C24H22ClN3O2.C20H14ClN3O3.C20H16ClN3O.C14H10BrN3O3.C6H6BClO2/c1-3-26-24(29)12-16-7-9-21-22(11-16)28(15-27-21)19-8-10-23(30-2)20(14-19)17-5-4-6-18(25)13-17;1-27-20-8-6-15(10-17(20)13-3-2-4-14(21)9-13)23-12-22-18-7-5-16(24(25)26)11-19(18)23;1-25-20-8-6-16(11-17(20)13-3-2-4-14(21)9-13)24-12-23-18-7-5-15(22)10-19(18)24;1-21-14-5-3-9(6-11(14)15)17-8-16-12-4-2-10(18(19)20)7-13(12)17;8-6-3-1-2-5(4-6)7(9)10/h4-11,13-15H,3,12H2,1-2H3,(H,26,29);2-12H,1H3;2-12H,22H2,1H3;2-8H,1H3;1-4,9-10H. The number of nitrogen functional groups attached to an aromatic ring is 1. The number of ether oxygens (including phenoxy) is 4. The first-order chi connectivity index (χ1) is 54.6. The van der Waals surface area contributed by atoms with Crippen molar-refractivity contribution in [3.8, 4) is 79.1 Å². The highest BCUT2D eigenvalue weighted by atomic mass is 79.9. The number of aromatic nitrogens is 8. The van der Waals surface area contributed by atoms with Gasteiger partial charge in [-0.1, -0.05) is 101 Å². The highest BCUT2D eigenvalue weighted by molar-refractivity contribution is 9.10. The number of carbonyl (C=O) groups excluding carboxylic acids is 1. The summed E-state index contributed by atoms with van der Waals surface area (Å²) in [5.41, 5.74) is 23.7. The smallest absolute Gasteiger partial charge is 0.488 e. The number of halogens is 5. The molecule has 0 aliphatic carbocycles. The van der Waals surface area contributed by atoms with Gasteiger partial charge in [-0.05, 0) is 214 Å². The Kier molecular flexibility index (Phi) is 25.8. The Morgan fingerprint density at radius 2 is 0.805 bits per heavy atom. The van der Waals surface area contributed by atoms with Gasteiger partial charge in [-0.3, -0.25) is 43.3 Å². The minimum atomic E-state index is -1.43. The van der Waals surface area contributed by atoms with Gasteiger partial charge in [0.15, 0.2) is 0 Å². The number of anilines is 1. The number of carbonyl (C=O) groups is 1. The summed E-state index contributed by atoms with van der Waals surface area (Å²) in [6, 6.07) is 73.4. The van der Waals surface area contributed by atoms with Crippen LogP contribution in [-0.2, 0) is 11.2 Å². The number of imidazole rings is 4. The molecule has 113 heavy (non-hydrogen) atoms. The molecule has 1 amide bonds. The van der Waals surface area contributed by atoms with Crippen LogP contribution in [0.25, 0.3) is 100 Å². The maximum Gasteiger partial charge on any atom is 0.488 e. The van der Waals surface area contributed by atoms with Gasteiger partial charge in [0.05, 0.1) is 93.3 Å². The van der Waals surface area contributed by atoms with Gasteiger partial charge in [0.2, 0.25) is 5.91 Å². The molecular formula is C84H68BBrCl4N12O11. The third-order valence-corrected chi connectivity index (χ3v) is 19.3. The summed E-state index contributed by atoms with van der Waals surface area (Å²) in [6.45, 7) is 2.54. The minimum absolute atomic E-state index is 0.00982. The van der Waals surface area contributed by atoms with Crippen molar-refractivity contribution in [1.82, 2.24) is 43.5 Å². The number of hydrogen-bond donors (Lipinski definition) is 4. The van der Waals surface area contributed by atoms with Gasteiger partial charge >= 0.3 is 7.12 Å². The van der Waals surface area contributed by atoms with Crippen molar-refractivity contribution in [3.63, 3.8) is 0 Å². The average molecular weight is 1650 g/mol. The molecule has 16 aromatic rings. The van der Waals surface area contributed by atoms with Crippen molar-refractivity contribution in [2.45, 2.75) is 13.3 Å². The zero-order valence-corrected chi connectivity index (χ0v) is 65.5. The topological polar surface area (TPSA) is 290 Å². The van der Waals surface area contributed by atoms with Crippen LogP contribution < -0.4 is 35.5 Å². The molecule has 0 aliphatic rings. The van der Waals surface area contributed by atoms with Crippen LogP contribution in [0.3, 0.4) is 0 Å². The van der Waals surface area contributed by atoms with E-state index in [2.05, 4.69) is 53.3 Å². The second-order valence-electron chi connectivity index (χ2n) is 25.0. The van der Waals surface area contributed by atoms with Crippen molar-refractivity contribution in [2.75, 3.05) is 40.7 Å². The lowest BCUT2D eigenvalue weighted by Gasteiger charge is -2.13. The van der Waals surface area contributed by atoms with Crippen molar-refractivity contribution in [1.29, 1.82) is 0 Å². The van der Waals surface area contributed by atoms with Gasteiger partial charge in [-0.25, -0.2) is 19.9 Å². The Balaban J connectivity index is 0.000000135. The SMILES string of the molecule is CCNC(=O)Cc1ccc2ncn(-c3ccc(OC)c(-c4cccc(Cl)c4)c3)c2c1.COc1ccc(-n2cnc3ccc(N)cc32)cc1-c1cccc(Cl)c1.COc1ccc(-n2cnc3ccc([N+](=O)[O-])cc32)cc1-c1cccc(Cl)c1.COc1ccc(-n2cnc3ccc([N+](=O)[O-])cc32)cc1Br.OB(O)c1cccc(Cl)c1. The van der Waals surface area contributed by atoms with Crippen LogP contribution in [0.4, 0.5) is 17.1 Å². The molecule has 0 bridgehead atoms. The number of nitrogens with two attached hydrogens (primary N) is 1. The third-order valence-electron chi connectivity index (χ3n) is 17.8. The average Bonchev–Trinajstić information content (AvgIpc) is 1.66. The number of rotatable bonds is 17. The molecule has 29 heteroatoms. The molecule has 0 saturated heterocycles. The van der Waals surface area contributed by atoms with E-state index in [1.54, 1.807) is 88.6 Å². The highest BCUT2D eigenvalue weighted by Gasteiger charge is 2.19. The molecule has 568 valence electrons. The third kappa shape index (κ3) is 19.1. The van der Waals surface area contributed by atoms with Crippen molar-refractivity contribution in [3.05, 3.63) is 318 Å². The quantitative estimate of drug-likeness (QED) is 0.0285. The molecule has 4 aromatic heterocycles. The summed E-state index contributed by atoms with van der Waals surface area (Å²) in [4.78, 5) is 50.7. The first-order valence-electron chi connectivity index (χ1n) is 34.6. The van der Waals surface area contributed by atoms with Crippen LogP contribution in [0.1, 0.15) is 12.5 Å². The summed E-state index contributed by atoms with van der Waals surface area (Å²) in [7, 11) is 5.09. The maximum atomic E-state index is 12.0. The number of nitro groups is 2. The van der Waals surface area contributed by atoms with Gasteiger partial charge in [-0.2, -0.15) is 0 Å². The number of hydrogen-bond acceptors (Lipinski definition) is 16. The summed E-state index contributed by atoms with van der Waals surface area (Å²) in [6.07, 6.45) is 7.23. The predicted molar refractivity (Wildman–Crippen MR) is 451 cm³/mol.